The Kier molecular flexibility index (Phi) is 5.00. The molecule has 3 rings (SSSR count). The third-order valence-corrected chi connectivity index (χ3v) is 5.47. The van der Waals surface area contributed by atoms with Crippen molar-refractivity contribution in [2.24, 2.45) is 0 Å². The maximum absolute atomic E-state index is 12.6. The molecule has 0 saturated heterocycles. The van der Waals surface area contributed by atoms with E-state index in [0.29, 0.717) is 15.8 Å². The summed E-state index contributed by atoms with van der Waals surface area (Å²) >= 11 is 13.5. The number of rotatable bonds is 5. The van der Waals surface area contributed by atoms with Crippen LogP contribution in [0.3, 0.4) is 0 Å². The lowest BCUT2D eigenvalue weighted by molar-refractivity contribution is 0.102. The van der Waals surface area contributed by atoms with E-state index in [4.69, 9.17) is 23.2 Å². The van der Waals surface area contributed by atoms with Crippen molar-refractivity contribution in [1.29, 1.82) is 0 Å². The Balaban J connectivity index is 1.83. The average Bonchev–Trinajstić information content (AvgIpc) is 2.99. The molecule has 3 aromatic rings. The second-order valence-electron chi connectivity index (χ2n) is 5.18. The molecule has 0 aliphatic carbocycles. The number of para-hydroxylation sites is 1. The number of aromatic amines is 1. The van der Waals surface area contributed by atoms with Gasteiger partial charge in [-0.25, -0.2) is 0 Å². The first-order chi connectivity index (χ1) is 11.1. The van der Waals surface area contributed by atoms with Crippen molar-refractivity contribution in [2.75, 3.05) is 5.75 Å². The first-order valence-electron chi connectivity index (χ1n) is 7.30. The van der Waals surface area contributed by atoms with Crippen LogP contribution >= 0.6 is 35.0 Å². The number of carbonyl (C=O) groups excluding carboxylic acids is 1. The van der Waals surface area contributed by atoms with Crippen molar-refractivity contribution in [1.82, 2.24) is 4.98 Å². The van der Waals surface area contributed by atoms with E-state index >= 15 is 0 Å². The van der Waals surface area contributed by atoms with Gasteiger partial charge in [-0.1, -0.05) is 48.3 Å². The number of hydrogen-bond donors (Lipinski definition) is 1. The highest BCUT2D eigenvalue weighted by atomic mass is 35.5. The van der Waals surface area contributed by atoms with E-state index in [-0.39, 0.29) is 5.78 Å². The van der Waals surface area contributed by atoms with Crippen LogP contribution in [0.25, 0.3) is 10.9 Å². The lowest BCUT2D eigenvalue weighted by Crippen LogP contribution is -2.01. The van der Waals surface area contributed by atoms with Gasteiger partial charge in [0.15, 0.2) is 5.78 Å². The summed E-state index contributed by atoms with van der Waals surface area (Å²) in [6, 6.07) is 11.3. The first kappa shape index (κ1) is 16.4. The van der Waals surface area contributed by atoms with Crippen LogP contribution in [0.15, 0.2) is 47.5 Å². The molecule has 0 unspecified atom stereocenters. The molecule has 2 aromatic carbocycles. The number of ketones is 1. The SMILES string of the molecule is CCc1cccc2c(C(=O)CSc3cc(Cl)ccc3Cl)c[nH]c12. The van der Waals surface area contributed by atoms with Crippen molar-refractivity contribution in [2.45, 2.75) is 18.2 Å². The maximum Gasteiger partial charge on any atom is 0.175 e. The molecule has 0 spiro atoms. The zero-order chi connectivity index (χ0) is 16.4. The predicted octanol–water partition coefficient (Wildman–Crippen LogP) is 6.01. The number of benzene rings is 2. The third kappa shape index (κ3) is 3.42. The van der Waals surface area contributed by atoms with Gasteiger partial charge in [-0.15, -0.1) is 11.8 Å². The van der Waals surface area contributed by atoms with E-state index in [0.717, 1.165) is 27.8 Å². The number of carbonyl (C=O) groups is 1. The number of halogens is 2. The van der Waals surface area contributed by atoms with E-state index in [1.54, 1.807) is 24.4 Å². The van der Waals surface area contributed by atoms with Crippen LogP contribution in [0.1, 0.15) is 22.8 Å². The molecule has 118 valence electrons. The monoisotopic (exact) mass is 363 g/mol. The lowest BCUT2D eigenvalue weighted by atomic mass is 10.1. The van der Waals surface area contributed by atoms with Crippen LogP contribution in [-0.2, 0) is 6.42 Å². The van der Waals surface area contributed by atoms with Gasteiger partial charge < -0.3 is 4.98 Å². The predicted molar refractivity (Wildman–Crippen MR) is 99.2 cm³/mol. The number of H-pyrrole nitrogens is 1. The van der Waals surface area contributed by atoms with E-state index < -0.39 is 0 Å². The zero-order valence-corrected chi connectivity index (χ0v) is 14.9. The summed E-state index contributed by atoms with van der Waals surface area (Å²) in [4.78, 5) is 16.6. The van der Waals surface area contributed by atoms with E-state index in [1.807, 2.05) is 12.1 Å². The van der Waals surface area contributed by atoms with E-state index in [2.05, 4.69) is 18.0 Å². The molecule has 23 heavy (non-hydrogen) atoms. The van der Waals surface area contributed by atoms with Gasteiger partial charge in [0, 0.05) is 32.6 Å². The molecule has 0 fully saturated rings. The van der Waals surface area contributed by atoms with Crippen LogP contribution in [0.5, 0.6) is 0 Å². The Morgan fingerprint density at radius 3 is 2.83 bits per heavy atom. The highest BCUT2D eigenvalue weighted by molar-refractivity contribution is 8.00. The Labute approximate surface area is 149 Å². The molecule has 0 bridgehead atoms. The van der Waals surface area contributed by atoms with E-state index in [9.17, 15) is 4.79 Å². The molecule has 0 saturated carbocycles. The van der Waals surface area contributed by atoms with Crippen molar-refractivity contribution in [3.8, 4) is 0 Å². The first-order valence-corrected chi connectivity index (χ1v) is 9.04. The normalized spacial score (nSPS) is 11.1. The molecule has 0 aliphatic heterocycles. The molecule has 2 nitrogen and oxygen atoms in total. The third-order valence-electron chi connectivity index (χ3n) is 3.74. The molecule has 5 heteroatoms. The summed E-state index contributed by atoms with van der Waals surface area (Å²) in [5, 5.41) is 2.20. The maximum atomic E-state index is 12.6. The Hall–Kier alpha value is -1.42. The summed E-state index contributed by atoms with van der Waals surface area (Å²) in [6.07, 6.45) is 2.73. The summed E-state index contributed by atoms with van der Waals surface area (Å²) in [5.41, 5.74) is 2.98. The highest BCUT2D eigenvalue weighted by Gasteiger charge is 2.14. The molecule has 0 atom stereocenters. The van der Waals surface area contributed by atoms with Crippen LogP contribution in [0.2, 0.25) is 10.0 Å². The number of aromatic nitrogens is 1. The quantitative estimate of drug-likeness (QED) is 0.444. The van der Waals surface area contributed by atoms with Gasteiger partial charge in [-0.3, -0.25) is 4.79 Å². The van der Waals surface area contributed by atoms with Gasteiger partial charge in [0.2, 0.25) is 0 Å². The largest absolute Gasteiger partial charge is 0.360 e. The minimum atomic E-state index is 0.0746. The number of nitrogens with one attached hydrogen (secondary N) is 1. The van der Waals surface area contributed by atoms with Gasteiger partial charge in [0.1, 0.15) is 0 Å². The Bertz CT molecular complexity index is 873. The number of hydrogen-bond acceptors (Lipinski definition) is 2. The molecule has 0 radical (unpaired) electrons. The van der Waals surface area contributed by atoms with Crippen LogP contribution in [-0.4, -0.2) is 16.5 Å². The van der Waals surface area contributed by atoms with Crippen LogP contribution < -0.4 is 0 Å². The molecule has 1 aromatic heterocycles. The number of thioether (sulfide) groups is 1. The smallest absolute Gasteiger partial charge is 0.175 e. The standard InChI is InChI=1S/C18H15Cl2NOS/c1-2-11-4-3-5-13-14(9-21-18(11)13)16(22)10-23-17-8-12(19)6-7-15(17)20/h3-9,21H,2,10H2,1H3. The molecular weight excluding hydrogens is 349 g/mol. The summed E-state index contributed by atoms with van der Waals surface area (Å²) in [5.74, 6) is 0.397. The van der Waals surface area contributed by atoms with Crippen molar-refractivity contribution in [3.63, 3.8) is 0 Å². The number of fused-ring (bicyclic) bond motifs is 1. The van der Waals surface area contributed by atoms with Gasteiger partial charge in [-0.05, 0) is 30.2 Å². The molecule has 0 aliphatic rings. The summed E-state index contributed by atoms with van der Waals surface area (Å²) in [6.45, 7) is 2.11. The van der Waals surface area contributed by atoms with Gasteiger partial charge in [0.05, 0.1) is 10.8 Å². The molecule has 1 N–H and O–H groups in total. The fourth-order valence-electron chi connectivity index (χ4n) is 2.55. The number of Topliss-reactive ketones (excluding diaryl/α,β-unsaturated/α-hetero) is 1. The molecule has 0 amide bonds. The van der Waals surface area contributed by atoms with Crippen molar-refractivity contribution < 1.29 is 4.79 Å². The fraction of sp³-hybridized carbons (Fsp3) is 0.167. The van der Waals surface area contributed by atoms with E-state index in [1.165, 1.54) is 17.3 Å². The van der Waals surface area contributed by atoms with Crippen LogP contribution in [0.4, 0.5) is 0 Å². The molecular formula is C18H15Cl2NOS. The van der Waals surface area contributed by atoms with Crippen molar-refractivity contribution in [3.05, 3.63) is 63.8 Å². The fourth-order valence-corrected chi connectivity index (χ4v) is 3.93. The Morgan fingerprint density at radius 2 is 2.04 bits per heavy atom. The molecule has 1 heterocycles. The number of aryl methyl sites for hydroxylation is 1. The second-order valence-corrected chi connectivity index (χ2v) is 7.04. The van der Waals surface area contributed by atoms with Crippen LogP contribution in [0, 0.1) is 0 Å². The summed E-state index contributed by atoms with van der Waals surface area (Å²) in [7, 11) is 0. The summed E-state index contributed by atoms with van der Waals surface area (Å²) < 4.78 is 0. The average molecular weight is 364 g/mol. The minimum absolute atomic E-state index is 0.0746. The van der Waals surface area contributed by atoms with Crippen molar-refractivity contribution >= 4 is 51.6 Å². The second kappa shape index (κ2) is 7.00. The topological polar surface area (TPSA) is 32.9 Å². The Morgan fingerprint density at radius 1 is 1.22 bits per heavy atom. The zero-order valence-electron chi connectivity index (χ0n) is 12.5. The minimum Gasteiger partial charge on any atom is -0.360 e. The lowest BCUT2D eigenvalue weighted by Gasteiger charge is -2.04. The van der Waals surface area contributed by atoms with Gasteiger partial charge in [-0.2, -0.15) is 0 Å². The van der Waals surface area contributed by atoms with Gasteiger partial charge >= 0.3 is 0 Å². The van der Waals surface area contributed by atoms with Gasteiger partial charge in [0.25, 0.3) is 0 Å². The highest BCUT2D eigenvalue weighted by Crippen LogP contribution is 2.31.